The smallest absolute Gasteiger partial charge is 0.140 e. The molecule has 1 aromatic heterocycles. The molecule has 1 aliphatic rings. The lowest BCUT2D eigenvalue weighted by Crippen LogP contribution is -2.43. The molecule has 0 amide bonds. The zero-order valence-electron chi connectivity index (χ0n) is 10.6. The van der Waals surface area contributed by atoms with E-state index in [0.29, 0.717) is 0 Å². The van der Waals surface area contributed by atoms with E-state index >= 15 is 0 Å². The summed E-state index contributed by atoms with van der Waals surface area (Å²) in [5, 5.41) is 15.0. The van der Waals surface area contributed by atoms with Crippen LogP contribution in [0.1, 0.15) is 50.1 Å². The summed E-state index contributed by atoms with van der Waals surface area (Å²) in [5.41, 5.74) is 1.000. The van der Waals surface area contributed by atoms with Gasteiger partial charge in [-0.05, 0) is 38.5 Å². The first kappa shape index (κ1) is 11.6. The van der Waals surface area contributed by atoms with E-state index in [2.05, 4.69) is 19.0 Å². The van der Waals surface area contributed by atoms with Crippen molar-refractivity contribution in [3.63, 3.8) is 0 Å². The number of aromatic nitrogens is 1. The summed E-state index contributed by atoms with van der Waals surface area (Å²) < 4.78 is 5.20. The van der Waals surface area contributed by atoms with Crippen LogP contribution in [0.3, 0.4) is 0 Å². The molecule has 2 rings (SSSR count). The van der Waals surface area contributed by atoms with Gasteiger partial charge in [0.05, 0.1) is 11.3 Å². The van der Waals surface area contributed by atoms with Crippen LogP contribution in [-0.2, 0) is 5.60 Å². The molecule has 0 spiro atoms. The van der Waals surface area contributed by atoms with Crippen molar-refractivity contribution in [2.45, 2.75) is 52.6 Å². The van der Waals surface area contributed by atoms with E-state index < -0.39 is 5.60 Å². The molecule has 0 saturated heterocycles. The molecule has 0 radical (unpaired) electrons. The molecule has 0 aromatic carbocycles. The standard InChI is InChI=1S/C13H21NO2/c1-8-6-5-7-9(2)13(8,15)12-10(3)14-16-11(12)4/h8-9,15H,5-7H2,1-4H3/t8-,9-/m0/s1. The van der Waals surface area contributed by atoms with E-state index in [9.17, 15) is 5.11 Å². The number of aliphatic hydroxyl groups is 1. The molecule has 1 aromatic rings. The van der Waals surface area contributed by atoms with Crippen molar-refractivity contribution >= 4 is 0 Å². The highest BCUT2D eigenvalue weighted by molar-refractivity contribution is 5.30. The Hall–Kier alpha value is -0.830. The normalized spacial score (nSPS) is 29.3. The second kappa shape index (κ2) is 3.88. The quantitative estimate of drug-likeness (QED) is 0.796. The minimum atomic E-state index is -0.758. The molecule has 2 atom stereocenters. The van der Waals surface area contributed by atoms with Crippen LogP contribution in [0.15, 0.2) is 4.52 Å². The van der Waals surface area contributed by atoms with E-state index in [1.807, 2.05) is 13.8 Å². The Kier molecular flexibility index (Phi) is 2.82. The molecule has 1 fully saturated rings. The molecule has 0 aliphatic heterocycles. The van der Waals surface area contributed by atoms with Gasteiger partial charge in [0.25, 0.3) is 0 Å². The van der Waals surface area contributed by atoms with Crippen LogP contribution in [0.25, 0.3) is 0 Å². The lowest BCUT2D eigenvalue weighted by atomic mass is 9.66. The molecular formula is C13H21NO2. The van der Waals surface area contributed by atoms with E-state index in [4.69, 9.17) is 4.52 Å². The number of nitrogens with zero attached hydrogens (tertiary/aromatic N) is 1. The van der Waals surface area contributed by atoms with E-state index in [0.717, 1.165) is 29.9 Å². The summed E-state index contributed by atoms with van der Waals surface area (Å²) in [4.78, 5) is 0. The highest BCUT2D eigenvalue weighted by atomic mass is 16.5. The molecule has 1 saturated carbocycles. The second-order valence-electron chi connectivity index (χ2n) is 5.26. The van der Waals surface area contributed by atoms with E-state index in [1.165, 1.54) is 6.42 Å². The monoisotopic (exact) mass is 223 g/mol. The molecule has 1 aliphatic carbocycles. The predicted octanol–water partition coefficient (Wildman–Crippen LogP) is 2.94. The first-order valence-corrected chi connectivity index (χ1v) is 6.13. The summed E-state index contributed by atoms with van der Waals surface area (Å²) in [6.45, 7) is 8.06. The maximum atomic E-state index is 11.0. The Morgan fingerprint density at radius 3 is 2.25 bits per heavy atom. The van der Waals surface area contributed by atoms with Gasteiger partial charge in [0, 0.05) is 5.56 Å². The molecule has 0 bridgehead atoms. The van der Waals surface area contributed by atoms with Gasteiger partial charge in [0.2, 0.25) is 0 Å². The van der Waals surface area contributed by atoms with Gasteiger partial charge >= 0.3 is 0 Å². The maximum Gasteiger partial charge on any atom is 0.140 e. The van der Waals surface area contributed by atoms with Crippen molar-refractivity contribution in [2.75, 3.05) is 0 Å². The van der Waals surface area contributed by atoms with Crippen molar-refractivity contribution in [2.24, 2.45) is 11.8 Å². The van der Waals surface area contributed by atoms with Gasteiger partial charge in [0.15, 0.2) is 0 Å². The van der Waals surface area contributed by atoms with Gasteiger partial charge in [-0.3, -0.25) is 0 Å². The Labute approximate surface area is 96.8 Å². The molecule has 3 nitrogen and oxygen atoms in total. The first-order valence-electron chi connectivity index (χ1n) is 6.13. The Morgan fingerprint density at radius 2 is 1.81 bits per heavy atom. The van der Waals surface area contributed by atoms with Crippen LogP contribution in [0.5, 0.6) is 0 Å². The Bertz CT molecular complexity index is 354. The molecule has 1 heterocycles. The van der Waals surface area contributed by atoms with Crippen LogP contribution < -0.4 is 0 Å². The number of aryl methyl sites for hydroxylation is 2. The van der Waals surface area contributed by atoms with Crippen molar-refractivity contribution < 1.29 is 9.63 Å². The van der Waals surface area contributed by atoms with Gasteiger partial charge in [-0.1, -0.05) is 25.4 Å². The van der Waals surface area contributed by atoms with Gasteiger partial charge in [0.1, 0.15) is 5.76 Å². The highest BCUT2D eigenvalue weighted by Crippen LogP contribution is 2.47. The lowest BCUT2D eigenvalue weighted by Gasteiger charge is -2.43. The average molecular weight is 223 g/mol. The van der Waals surface area contributed by atoms with Crippen molar-refractivity contribution in [1.82, 2.24) is 5.16 Å². The summed E-state index contributed by atoms with van der Waals surface area (Å²) in [7, 11) is 0. The predicted molar refractivity (Wildman–Crippen MR) is 62.1 cm³/mol. The average Bonchev–Trinajstić information content (AvgIpc) is 2.55. The van der Waals surface area contributed by atoms with Crippen LogP contribution >= 0.6 is 0 Å². The third-order valence-electron chi connectivity index (χ3n) is 4.21. The van der Waals surface area contributed by atoms with Crippen LogP contribution in [-0.4, -0.2) is 10.3 Å². The SMILES string of the molecule is Cc1noc(C)c1C1(O)[C@@H](C)CCC[C@@H]1C. The van der Waals surface area contributed by atoms with Crippen LogP contribution in [0, 0.1) is 25.7 Å². The number of hydrogen-bond acceptors (Lipinski definition) is 3. The largest absolute Gasteiger partial charge is 0.384 e. The fraction of sp³-hybridized carbons (Fsp3) is 0.769. The lowest BCUT2D eigenvalue weighted by molar-refractivity contribution is -0.0905. The number of hydrogen-bond donors (Lipinski definition) is 1. The molecule has 0 unspecified atom stereocenters. The molecule has 16 heavy (non-hydrogen) atoms. The summed E-state index contributed by atoms with van der Waals surface area (Å²) in [6, 6.07) is 0. The topological polar surface area (TPSA) is 46.3 Å². The summed E-state index contributed by atoms with van der Waals surface area (Å²) >= 11 is 0. The fourth-order valence-corrected chi connectivity index (χ4v) is 3.20. The molecule has 3 heteroatoms. The highest BCUT2D eigenvalue weighted by Gasteiger charge is 2.46. The third-order valence-corrected chi connectivity index (χ3v) is 4.21. The van der Waals surface area contributed by atoms with E-state index in [-0.39, 0.29) is 11.8 Å². The third kappa shape index (κ3) is 1.49. The first-order chi connectivity index (χ1) is 7.48. The minimum Gasteiger partial charge on any atom is -0.384 e. The Morgan fingerprint density at radius 1 is 1.25 bits per heavy atom. The maximum absolute atomic E-state index is 11.0. The van der Waals surface area contributed by atoms with Crippen LogP contribution in [0.4, 0.5) is 0 Å². The van der Waals surface area contributed by atoms with Crippen molar-refractivity contribution in [1.29, 1.82) is 0 Å². The zero-order valence-corrected chi connectivity index (χ0v) is 10.6. The summed E-state index contributed by atoms with van der Waals surface area (Å²) in [6.07, 6.45) is 3.35. The zero-order chi connectivity index (χ0) is 11.9. The fourth-order valence-electron chi connectivity index (χ4n) is 3.20. The molecule has 90 valence electrons. The van der Waals surface area contributed by atoms with Crippen molar-refractivity contribution in [3.8, 4) is 0 Å². The minimum absolute atomic E-state index is 0.271. The second-order valence-corrected chi connectivity index (χ2v) is 5.26. The Balaban J connectivity index is 2.50. The summed E-state index contributed by atoms with van der Waals surface area (Å²) in [5.74, 6) is 1.31. The van der Waals surface area contributed by atoms with E-state index in [1.54, 1.807) is 0 Å². The van der Waals surface area contributed by atoms with Gasteiger partial charge < -0.3 is 9.63 Å². The van der Waals surface area contributed by atoms with Gasteiger partial charge in [-0.15, -0.1) is 0 Å². The number of rotatable bonds is 1. The molecular weight excluding hydrogens is 202 g/mol. The van der Waals surface area contributed by atoms with Gasteiger partial charge in [-0.2, -0.15) is 0 Å². The van der Waals surface area contributed by atoms with Crippen LogP contribution in [0.2, 0.25) is 0 Å². The van der Waals surface area contributed by atoms with Gasteiger partial charge in [-0.25, -0.2) is 0 Å². The van der Waals surface area contributed by atoms with Crippen molar-refractivity contribution in [3.05, 3.63) is 17.0 Å². The molecule has 1 N–H and O–H groups in total.